The molecule has 7 nitrogen and oxygen atoms in total. The summed E-state index contributed by atoms with van der Waals surface area (Å²) in [5, 5.41) is 18.2. The van der Waals surface area contributed by atoms with Crippen LogP contribution in [0.3, 0.4) is 0 Å². The van der Waals surface area contributed by atoms with Gasteiger partial charge in [0.2, 0.25) is 5.91 Å². The normalized spacial score (nSPS) is 28.0. The first-order chi connectivity index (χ1) is 9.04. The highest BCUT2D eigenvalue weighted by atomic mass is 32.2. The second-order valence-corrected chi connectivity index (χ2v) is 5.70. The van der Waals surface area contributed by atoms with E-state index in [-0.39, 0.29) is 12.5 Å². The average Bonchev–Trinajstić information content (AvgIpc) is 2.84. The summed E-state index contributed by atoms with van der Waals surface area (Å²) in [5.41, 5.74) is -1.16. The Hall–Kier alpha value is -1.32. The van der Waals surface area contributed by atoms with Gasteiger partial charge in [0.15, 0.2) is 15.8 Å². The quantitative estimate of drug-likeness (QED) is 0.581. The van der Waals surface area contributed by atoms with Crippen LogP contribution in [0.4, 0.5) is 0 Å². The molecule has 0 bridgehead atoms. The van der Waals surface area contributed by atoms with Gasteiger partial charge in [0.1, 0.15) is 0 Å². The lowest BCUT2D eigenvalue weighted by Crippen LogP contribution is -2.32. The summed E-state index contributed by atoms with van der Waals surface area (Å²) in [7, 11) is 1.62. The van der Waals surface area contributed by atoms with E-state index in [4.69, 9.17) is 0 Å². The van der Waals surface area contributed by atoms with E-state index in [2.05, 4.69) is 16.8 Å². The lowest BCUT2D eigenvalue weighted by atomic mass is 10.5. The Labute approximate surface area is 118 Å². The zero-order valence-corrected chi connectivity index (χ0v) is 11.8. The van der Waals surface area contributed by atoms with Gasteiger partial charge in [0.05, 0.1) is 5.75 Å². The predicted octanol–water partition coefficient (Wildman–Crippen LogP) is -0.102. The Morgan fingerprint density at radius 1 is 1.47 bits per heavy atom. The van der Waals surface area contributed by atoms with Crippen molar-refractivity contribution in [2.45, 2.75) is 5.44 Å². The number of hydrogen-bond acceptors (Lipinski definition) is 7. The molecule has 2 aliphatic heterocycles. The molecule has 0 aromatic heterocycles. The van der Waals surface area contributed by atoms with Crippen molar-refractivity contribution >= 4 is 45.7 Å². The van der Waals surface area contributed by atoms with E-state index in [1.807, 2.05) is 0 Å². The Morgan fingerprint density at radius 3 is 2.74 bits per heavy atom. The summed E-state index contributed by atoms with van der Waals surface area (Å²) in [6.07, 6.45) is 1.54. The van der Waals surface area contributed by atoms with Crippen molar-refractivity contribution in [1.29, 1.82) is 0 Å². The standard InChI is InChI=1S/C10H12N4O3S2/c1-3-4-14-7(16)8(17)19-10(14)12-11-9-13(2)6(15)5-18-9/h3,8,17H,1,4-5H2,2H3/b11-9+,12-10+. The first-order valence-corrected chi connectivity index (χ1v) is 7.23. The third kappa shape index (κ3) is 2.82. The molecule has 2 heterocycles. The van der Waals surface area contributed by atoms with Crippen LogP contribution in [-0.2, 0) is 9.59 Å². The number of aliphatic hydroxyl groups is 1. The van der Waals surface area contributed by atoms with Crippen LogP contribution < -0.4 is 0 Å². The minimum atomic E-state index is -1.16. The smallest absolute Gasteiger partial charge is 0.268 e. The van der Waals surface area contributed by atoms with Gasteiger partial charge in [0.25, 0.3) is 5.91 Å². The number of carbonyl (C=O) groups excluding carboxylic acids is 2. The fraction of sp³-hybridized carbons (Fsp3) is 0.400. The molecule has 1 atom stereocenters. The van der Waals surface area contributed by atoms with Gasteiger partial charge in [-0.3, -0.25) is 19.4 Å². The minimum absolute atomic E-state index is 0.0397. The summed E-state index contributed by atoms with van der Waals surface area (Å²) in [4.78, 5) is 25.6. The number of aliphatic hydroxyl groups excluding tert-OH is 1. The van der Waals surface area contributed by atoms with Crippen molar-refractivity contribution < 1.29 is 14.7 Å². The summed E-state index contributed by atoms with van der Waals surface area (Å²) < 4.78 is 0. The number of thioether (sulfide) groups is 2. The maximum atomic E-state index is 11.6. The zero-order valence-electron chi connectivity index (χ0n) is 10.1. The monoisotopic (exact) mass is 300 g/mol. The van der Waals surface area contributed by atoms with Crippen molar-refractivity contribution in [2.75, 3.05) is 19.3 Å². The second kappa shape index (κ2) is 5.76. The Morgan fingerprint density at radius 2 is 2.16 bits per heavy atom. The molecule has 102 valence electrons. The molecule has 2 amide bonds. The van der Waals surface area contributed by atoms with Gasteiger partial charge in [-0.2, -0.15) is 0 Å². The van der Waals surface area contributed by atoms with E-state index >= 15 is 0 Å². The van der Waals surface area contributed by atoms with Crippen LogP contribution in [0, 0.1) is 0 Å². The van der Waals surface area contributed by atoms with Gasteiger partial charge in [-0.25, -0.2) is 0 Å². The van der Waals surface area contributed by atoms with Gasteiger partial charge in [0, 0.05) is 13.6 Å². The van der Waals surface area contributed by atoms with Crippen LogP contribution in [-0.4, -0.2) is 61.8 Å². The molecule has 1 N–H and O–H groups in total. The third-order valence-corrected chi connectivity index (χ3v) is 4.39. The van der Waals surface area contributed by atoms with Crippen molar-refractivity contribution in [3.05, 3.63) is 12.7 Å². The molecule has 0 spiro atoms. The fourth-order valence-electron chi connectivity index (χ4n) is 1.42. The van der Waals surface area contributed by atoms with Crippen molar-refractivity contribution in [2.24, 2.45) is 10.2 Å². The number of amides is 2. The lowest BCUT2D eigenvalue weighted by molar-refractivity contribution is -0.130. The van der Waals surface area contributed by atoms with Crippen LogP contribution in [0.5, 0.6) is 0 Å². The van der Waals surface area contributed by atoms with Crippen LogP contribution in [0.25, 0.3) is 0 Å². The largest absolute Gasteiger partial charge is 0.373 e. The molecular formula is C10H12N4O3S2. The maximum Gasteiger partial charge on any atom is 0.268 e. The molecule has 0 aromatic carbocycles. The SMILES string of the molecule is C=CCN1C(=O)C(O)S/C1=N/N=C1/SCC(=O)N1C. The Bertz CT molecular complexity index is 491. The van der Waals surface area contributed by atoms with Crippen LogP contribution >= 0.6 is 23.5 Å². The Kier molecular flexibility index (Phi) is 4.27. The molecule has 2 saturated heterocycles. The van der Waals surface area contributed by atoms with Crippen LogP contribution in [0.1, 0.15) is 0 Å². The average molecular weight is 300 g/mol. The van der Waals surface area contributed by atoms with Gasteiger partial charge in [-0.15, -0.1) is 16.8 Å². The topological polar surface area (TPSA) is 85.6 Å². The highest BCUT2D eigenvalue weighted by Gasteiger charge is 2.36. The van der Waals surface area contributed by atoms with Crippen LogP contribution in [0.2, 0.25) is 0 Å². The first kappa shape index (κ1) is 14.1. The first-order valence-electron chi connectivity index (χ1n) is 5.36. The molecular weight excluding hydrogens is 288 g/mol. The predicted molar refractivity (Wildman–Crippen MR) is 75.6 cm³/mol. The molecule has 2 fully saturated rings. The van der Waals surface area contributed by atoms with E-state index in [9.17, 15) is 14.7 Å². The van der Waals surface area contributed by atoms with Gasteiger partial charge in [-0.05, 0) is 11.8 Å². The van der Waals surface area contributed by atoms with Gasteiger partial charge in [-0.1, -0.05) is 17.8 Å². The summed E-state index contributed by atoms with van der Waals surface area (Å²) in [6.45, 7) is 3.80. The number of carbonyl (C=O) groups is 2. The van der Waals surface area contributed by atoms with E-state index in [1.165, 1.54) is 21.6 Å². The van der Waals surface area contributed by atoms with E-state index in [0.29, 0.717) is 16.1 Å². The van der Waals surface area contributed by atoms with Crippen molar-refractivity contribution in [1.82, 2.24) is 9.80 Å². The third-order valence-electron chi connectivity index (χ3n) is 2.44. The highest BCUT2D eigenvalue weighted by molar-refractivity contribution is 8.15. The summed E-state index contributed by atoms with van der Waals surface area (Å²) >= 11 is 2.20. The van der Waals surface area contributed by atoms with E-state index < -0.39 is 11.3 Å². The van der Waals surface area contributed by atoms with E-state index in [0.717, 1.165) is 11.8 Å². The number of rotatable bonds is 3. The molecule has 0 aliphatic carbocycles. The lowest BCUT2D eigenvalue weighted by Gasteiger charge is -2.12. The molecule has 1 unspecified atom stereocenters. The highest BCUT2D eigenvalue weighted by Crippen LogP contribution is 2.26. The number of hydrogen-bond donors (Lipinski definition) is 1. The van der Waals surface area contributed by atoms with Crippen molar-refractivity contribution in [3.63, 3.8) is 0 Å². The molecule has 0 aromatic rings. The molecule has 0 saturated carbocycles. The molecule has 0 radical (unpaired) electrons. The number of amidine groups is 2. The van der Waals surface area contributed by atoms with Gasteiger partial charge >= 0.3 is 0 Å². The molecule has 2 aliphatic rings. The summed E-state index contributed by atoms with van der Waals surface area (Å²) in [6, 6.07) is 0. The fourth-order valence-corrected chi connectivity index (χ4v) is 3.07. The van der Waals surface area contributed by atoms with Crippen molar-refractivity contribution in [3.8, 4) is 0 Å². The maximum absolute atomic E-state index is 11.6. The molecule has 9 heteroatoms. The van der Waals surface area contributed by atoms with Crippen LogP contribution in [0.15, 0.2) is 22.9 Å². The minimum Gasteiger partial charge on any atom is -0.373 e. The zero-order chi connectivity index (χ0) is 14.0. The summed E-state index contributed by atoms with van der Waals surface area (Å²) in [5.74, 6) is -0.139. The van der Waals surface area contributed by atoms with Gasteiger partial charge < -0.3 is 5.11 Å². The molecule has 19 heavy (non-hydrogen) atoms. The number of nitrogens with zero attached hydrogens (tertiary/aromatic N) is 4. The second-order valence-electron chi connectivity index (χ2n) is 3.71. The molecule has 2 rings (SSSR count). The Balaban J connectivity index is 2.18. The van der Waals surface area contributed by atoms with E-state index in [1.54, 1.807) is 13.1 Å².